The number of carbonyl (C=O) groups excluding carboxylic acids is 1. The summed E-state index contributed by atoms with van der Waals surface area (Å²) in [6.45, 7) is 7.74. The third kappa shape index (κ3) is 3.56. The summed E-state index contributed by atoms with van der Waals surface area (Å²) >= 11 is 0. The zero-order valence-electron chi connectivity index (χ0n) is 12.6. The van der Waals surface area contributed by atoms with Crippen molar-refractivity contribution in [2.75, 3.05) is 13.1 Å². The van der Waals surface area contributed by atoms with Gasteiger partial charge in [-0.15, -0.1) is 0 Å². The highest BCUT2D eigenvalue weighted by atomic mass is 16.2. The predicted octanol–water partition coefficient (Wildman–Crippen LogP) is 0.906. The molecule has 0 aromatic carbocycles. The first-order valence-corrected chi connectivity index (χ1v) is 7.51. The highest BCUT2D eigenvalue weighted by Crippen LogP contribution is 2.21. The van der Waals surface area contributed by atoms with Gasteiger partial charge in [-0.1, -0.05) is 0 Å². The van der Waals surface area contributed by atoms with Gasteiger partial charge in [-0.2, -0.15) is 5.10 Å². The van der Waals surface area contributed by atoms with E-state index in [1.807, 2.05) is 11.6 Å². The number of hydrogen-bond donors (Lipinski definition) is 2. The average molecular weight is 279 g/mol. The maximum atomic E-state index is 11.9. The van der Waals surface area contributed by atoms with Crippen LogP contribution in [0.15, 0.2) is 6.33 Å². The number of likely N-dealkylation sites (N-methyl/N-ethyl adjacent to an activating group) is 1. The number of rotatable bonds is 5. The number of nitrogens with one attached hydrogen (secondary N) is 2. The first kappa shape index (κ1) is 15.0. The molecular formula is C14H25N5O. The minimum atomic E-state index is -0.0656. The standard InChI is InChI=1S/C14H25N5O/c1-4-15-14(20)12-7-11(5-6-16-12)8-13-17-9-18-19(13)10(2)3/h9-12,16H,4-8H2,1-3H3,(H,15,20). The van der Waals surface area contributed by atoms with Crippen molar-refractivity contribution < 1.29 is 4.79 Å². The van der Waals surface area contributed by atoms with E-state index in [4.69, 9.17) is 0 Å². The Bertz CT molecular complexity index is 443. The molecule has 0 aliphatic carbocycles. The largest absolute Gasteiger partial charge is 0.355 e. The molecule has 1 aromatic heterocycles. The van der Waals surface area contributed by atoms with Crippen LogP contribution in [0.25, 0.3) is 0 Å². The Morgan fingerprint density at radius 2 is 2.40 bits per heavy atom. The Hall–Kier alpha value is -1.43. The van der Waals surface area contributed by atoms with Gasteiger partial charge in [-0.05, 0) is 46.1 Å². The molecule has 1 amide bonds. The molecule has 20 heavy (non-hydrogen) atoms. The molecule has 0 saturated carbocycles. The third-order valence-electron chi connectivity index (χ3n) is 3.79. The van der Waals surface area contributed by atoms with Crippen molar-refractivity contribution in [3.63, 3.8) is 0 Å². The van der Waals surface area contributed by atoms with E-state index < -0.39 is 0 Å². The number of hydrogen-bond acceptors (Lipinski definition) is 4. The number of piperidine rings is 1. The molecule has 1 fully saturated rings. The molecule has 2 heterocycles. The number of amides is 1. The Balaban J connectivity index is 1.96. The summed E-state index contributed by atoms with van der Waals surface area (Å²) < 4.78 is 1.98. The highest BCUT2D eigenvalue weighted by molar-refractivity contribution is 5.81. The first-order valence-electron chi connectivity index (χ1n) is 7.51. The van der Waals surface area contributed by atoms with Gasteiger partial charge in [0.25, 0.3) is 0 Å². The van der Waals surface area contributed by atoms with E-state index in [9.17, 15) is 4.79 Å². The van der Waals surface area contributed by atoms with Crippen molar-refractivity contribution in [2.24, 2.45) is 5.92 Å². The molecule has 2 rings (SSSR count). The summed E-state index contributed by atoms with van der Waals surface area (Å²) in [5, 5.41) is 10.5. The van der Waals surface area contributed by atoms with E-state index in [0.717, 1.165) is 31.6 Å². The van der Waals surface area contributed by atoms with Crippen LogP contribution in [0.3, 0.4) is 0 Å². The summed E-state index contributed by atoms with van der Waals surface area (Å²) in [4.78, 5) is 16.3. The summed E-state index contributed by atoms with van der Waals surface area (Å²) in [5.41, 5.74) is 0. The van der Waals surface area contributed by atoms with Crippen molar-refractivity contribution in [2.45, 2.75) is 52.1 Å². The van der Waals surface area contributed by atoms with Crippen LogP contribution >= 0.6 is 0 Å². The molecule has 1 saturated heterocycles. The van der Waals surface area contributed by atoms with Crippen LogP contribution in [-0.4, -0.2) is 39.8 Å². The topological polar surface area (TPSA) is 71.8 Å². The van der Waals surface area contributed by atoms with Gasteiger partial charge in [0.1, 0.15) is 12.2 Å². The summed E-state index contributed by atoms with van der Waals surface area (Å²) in [6.07, 6.45) is 4.48. The maximum Gasteiger partial charge on any atom is 0.237 e. The Morgan fingerprint density at radius 3 is 3.10 bits per heavy atom. The Kier molecular flexibility index (Phi) is 5.11. The molecule has 112 valence electrons. The van der Waals surface area contributed by atoms with E-state index in [1.54, 1.807) is 6.33 Å². The lowest BCUT2D eigenvalue weighted by molar-refractivity contribution is -0.123. The second kappa shape index (κ2) is 6.83. The van der Waals surface area contributed by atoms with E-state index in [-0.39, 0.29) is 11.9 Å². The van der Waals surface area contributed by atoms with Crippen LogP contribution in [-0.2, 0) is 11.2 Å². The van der Waals surface area contributed by atoms with E-state index >= 15 is 0 Å². The molecule has 0 bridgehead atoms. The lowest BCUT2D eigenvalue weighted by Gasteiger charge is -2.29. The summed E-state index contributed by atoms with van der Waals surface area (Å²) in [6, 6.07) is 0.262. The molecule has 1 aliphatic heterocycles. The zero-order valence-corrected chi connectivity index (χ0v) is 12.6. The Morgan fingerprint density at radius 1 is 1.60 bits per heavy atom. The molecule has 2 atom stereocenters. The average Bonchev–Trinajstić information content (AvgIpc) is 2.87. The lowest BCUT2D eigenvalue weighted by atomic mass is 9.89. The van der Waals surface area contributed by atoms with Crippen LogP contribution in [0.5, 0.6) is 0 Å². The number of nitrogens with zero attached hydrogens (tertiary/aromatic N) is 3. The normalized spacial score (nSPS) is 23.0. The van der Waals surface area contributed by atoms with Crippen molar-refractivity contribution in [1.29, 1.82) is 0 Å². The second-order valence-corrected chi connectivity index (χ2v) is 5.71. The van der Waals surface area contributed by atoms with Crippen LogP contribution in [0.4, 0.5) is 0 Å². The van der Waals surface area contributed by atoms with Crippen LogP contribution in [0, 0.1) is 5.92 Å². The molecule has 2 unspecified atom stereocenters. The predicted molar refractivity (Wildman–Crippen MR) is 77.3 cm³/mol. The molecule has 2 N–H and O–H groups in total. The third-order valence-corrected chi connectivity index (χ3v) is 3.79. The van der Waals surface area contributed by atoms with Gasteiger partial charge in [0, 0.05) is 19.0 Å². The van der Waals surface area contributed by atoms with Gasteiger partial charge in [0.15, 0.2) is 0 Å². The first-order chi connectivity index (χ1) is 9.61. The molecule has 1 aromatic rings. The fourth-order valence-corrected chi connectivity index (χ4v) is 2.79. The Labute approximate surface area is 120 Å². The van der Waals surface area contributed by atoms with Gasteiger partial charge in [0.05, 0.1) is 6.04 Å². The lowest BCUT2D eigenvalue weighted by Crippen LogP contribution is -2.49. The van der Waals surface area contributed by atoms with Crippen molar-refractivity contribution in [3.8, 4) is 0 Å². The van der Waals surface area contributed by atoms with Gasteiger partial charge in [-0.25, -0.2) is 9.67 Å². The summed E-state index contributed by atoms with van der Waals surface area (Å²) in [5.74, 6) is 1.63. The highest BCUT2D eigenvalue weighted by Gasteiger charge is 2.27. The van der Waals surface area contributed by atoms with Crippen LogP contribution < -0.4 is 10.6 Å². The molecular weight excluding hydrogens is 254 g/mol. The molecule has 6 heteroatoms. The van der Waals surface area contributed by atoms with Crippen LogP contribution in [0.2, 0.25) is 0 Å². The van der Waals surface area contributed by atoms with Crippen molar-refractivity contribution in [1.82, 2.24) is 25.4 Å². The van der Waals surface area contributed by atoms with Gasteiger partial charge in [0.2, 0.25) is 5.91 Å². The van der Waals surface area contributed by atoms with Gasteiger partial charge in [-0.3, -0.25) is 4.79 Å². The van der Waals surface area contributed by atoms with E-state index in [0.29, 0.717) is 18.5 Å². The van der Waals surface area contributed by atoms with E-state index in [1.165, 1.54) is 0 Å². The quantitative estimate of drug-likeness (QED) is 0.840. The van der Waals surface area contributed by atoms with E-state index in [2.05, 4.69) is 34.6 Å². The second-order valence-electron chi connectivity index (χ2n) is 5.71. The van der Waals surface area contributed by atoms with Crippen molar-refractivity contribution in [3.05, 3.63) is 12.2 Å². The fourth-order valence-electron chi connectivity index (χ4n) is 2.79. The molecule has 1 aliphatic rings. The van der Waals surface area contributed by atoms with Crippen LogP contribution in [0.1, 0.15) is 45.5 Å². The monoisotopic (exact) mass is 279 g/mol. The minimum absolute atomic E-state index is 0.0656. The smallest absolute Gasteiger partial charge is 0.237 e. The molecule has 0 spiro atoms. The summed E-state index contributed by atoms with van der Waals surface area (Å²) in [7, 11) is 0. The zero-order chi connectivity index (χ0) is 14.5. The minimum Gasteiger partial charge on any atom is -0.355 e. The van der Waals surface area contributed by atoms with Gasteiger partial charge < -0.3 is 10.6 Å². The van der Waals surface area contributed by atoms with Crippen molar-refractivity contribution >= 4 is 5.91 Å². The molecule has 0 radical (unpaired) electrons. The number of aromatic nitrogens is 3. The maximum absolute atomic E-state index is 11.9. The SMILES string of the molecule is CCNC(=O)C1CC(Cc2ncnn2C(C)C)CCN1. The number of carbonyl (C=O) groups is 1. The molecule has 6 nitrogen and oxygen atoms in total. The van der Waals surface area contributed by atoms with Gasteiger partial charge >= 0.3 is 0 Å². The fraction of sp³-hybridized carbons (Fsp3) is 0.786.